The number of rotatable bonds is 62. The number of unbranched alkanes of at least 4 members (excludes halogenated alkanes) is 44. The summed E-state index contributed by atoms with van der Waals surface area (Å²) in [6.07, 6.45) is 58.4. The molecule has 486 valence electrons. The average Bonchev–Trinajstić information content (AvgIpc) is 3.59. The predicted molar refractivity (Wildman–Crippen MR) is 340 cm³/mol. The molecule has 6 unspecified atom stereocenters. The van der Waals surface area contributed by atoms with Gasteiger partial charge in [0.05, 0.1) is 6.61 Å². The molecule has 1 rings (SSSR count). The summed E-state index contributed by atoms with van der Waals surface area (Å²) in [5.41, 5.74) is 0. The summed E-state index contributed by atoms with van der Waals surface area (Å²) in [5.74, 6) is -3.08. The Balaban J connectivity index is 2.62. The van der Waals surface area contributed by atoms with Crippen LogP contribution in [0.1, 0.15) is 355 Å². The Labute approximate surface area is 508 Å². The van der Waals surface area contributed by atoms with Crippen molar-refractivity contribution in [1.29, 1.82) is 0 Å². The van der Waals surface area contributed by atoms with Crippen molar-refractivity contribution >= 4 is 23.9 Å². The fourth-order valence-electron chi connectivity index (χ4n) is 11.1. The number of ether oxygens (including phenoxy) is 5. The van der Waals surface area contributed by atoms with Crippen molar-refractivity contribution in [2.45, 2.75) is 391 Å². The molecule has 0 amide bonds. The van der Waals surface area contributed by atoms with Gasteiger partial charge in [-0.1, -0.05) is 289 Å². The standard InChI is InChI=1S/C71H130O12/c1-4-7-10-13-16-19-22-25-28-31-32-35-36-39-42-45-48-51-54-57-63(72)79-60-62(81-64(73)58-55-52-49-46-43-40-37-33-29-26-23-20-17-14-11-8-5-2)61-80-71-69(67(76)66(75)68(83-71)70(77)78)82-65(74)59-56-53-50-47-44-41-38-34-30-27-24-21-18-15-12-9-6-3/h26-27,29-30,62,66-69,71,75-76H,4-25,28,31-61H2,1-3H3,(H,77,78)/b29-26-,30-27-. The molecule has 0 aromatic heterocycles. The molecule has 6 atom stereocenters. The summed E-state index contributed by atoms with van der Waals surface area (Å²) in [4.78, 5) is 51.5. The molecule has 1 aliphatic heterocycles. The largest absolute Gasteiger partial charge is 0.479 e. The molecule has 1 heterocycles. The van der Waals surface area contributed by atoms with Crippen molar-refractivity contribution in [3.63, 3.8) is 0 Å². The molecule has 0 aromatic carbocycles. The molecule has 0 bridgehead atoms. The van der Waals surface area contributed by atoms with E-state index in [1.165, 1.54) is 212 Å². The van der Waals surface area contributed by atoms with E-state index in [4.69, 9.17) is 23.7 Å². The van der Waals surface area contributed by atoms with E-state index in [1.807, 2.05) is 0 Å². The molecule has 0 radical (unpaired) electrons. The van der Waals surface area contributed by atoms with Crippen molar-refractivity contribution in [3.8, 4) is 0 Å². The van der Waals surface area contributed by atoms with Crippen LogP contribution in [0.15, 0.2) is 24.3 Å². The van der Waals surface area contributed by atoms with Crippen LogP contribution in [0.25, 0.3) is 0 Å². The van der Waals surface area contributed by atoms with Crippen molar-refractivity contribution in [2.75, 3.05) is 13.2 Å². The lowest BCUT2D eigenvalue weighted by Gasteiger charge is -2.40. The maximum Gasteiger partial charge on any atom is 0.335 e. The molecule has 12 heteroatoms. The van der Waals surface area contributed by atoms with E-state index >= 15 is 0 Å². The molecule has 0 aliphatic carbocycles. The van der Waals surface area contributed by atoms with Crippen LogP contribution in [0.4, 0.5) is 0 Å². The summed E-state index contributed by atoms with van der Waals surface area (Å²) in [6, 6.07) is 0. The lowest BCUT2D eigenvalue weighted by atomic mass is 9.98. The number of hydrogen-bond donors (Lipinski definition) is 3. The molecular formula is C71H130O12. The molecule has 0 spiro atoms. The summed E-state index contributed by atoms with van der Waals surface area (Å²) in [5, 5.41) is 31.7. The molecular weight excluding hydrogens is 1040 g/mol. The molecule has 83 heavy (non-hydrogen) atoms. The van der Waals surface area contributed by atoms with E-state index in [-0.39, 0.29) is 25.9 Å². The normalized spacial score (nSPS) is 17.6. The Hall–Kier alpha value is -2.80. The predicted octanol–water partition coefficient (Wildman–Crippen LogP) is 19.4. The lowest BCUT2D eigenvalue weighted by Crippen LogP contribution is -2.61. The monoisotopic (exact) mass is 1170 g/mol. The molecule has 12 nitrogen and oxygen atoms in total. The third-order valence-electron chi connectivity index (χ3n) is 16.5. The van der Waals surface area contributed by atoms with Crippen LogP contribution in [-0.4, -0.2) is 89.2 Å². The Morgan fingerprint density at radius 2 is 0.687 bits per heavy atom. The first kappa shape index (κ1) is 78.2. The van der Waals surface area contributed by atoms with Crippen molar-refractivity contribution < 1.29 is 58.2 Å². The first-order valence-corrected chi connectivity index (χ1v) is 35.3. The van der Waals surface area contributed by atoms with E-state index in [1.54, 1.807) is 0 Å². The topological polar surface area (TPSA) is 175 Å². The SMILES string of the molecule is CCCCCCCC/C=C\CCCCCCCCCC(=O)OC(COC(=O)CCCCCCCCCCCCCCCCCCCCC)COC1OC(C(=O)O)C(O)C(O)C1OC(=O)CCCCCCCCC/C=C\CCCCCCCC. The second kappa shape index (κ2) is 59.5. The van der Waals surface area contributed by atoms with E-state index < -0.39 is 67.3 Å². The van der Waals surface area contributed by atoms with Gasteiger partial charge in [-0.15, -0.1) is 0 Å². The highest BCUT2D eigenvalue weighted by atomic mass is 16.7. The summed E-state index contributed by atoms with van der Waals surface area (Å²) in [7, 11) is 0. The zero-order valence-electron chi connectivity index (χ0n) is 54.0. The Morgan fingerprint density at radius 3 is 1.02 bits per heavy atom. The van der Waals surface area contributed by atoms with Crippen molar-refractivity contribution in [1.82, 2.24) is 0 Å². The van der Waals surface area contributed by atoms with Gasteiger partial charge >= 0.3 is 23.9 Å². The first-order chi connectivity index (χ1) is 40.6. The van der Waals surface area contributed by atoms with Gasteiger partial charge in [0, 0.05) is 19.3 Å². The number of carboxylic acids is 1. The number of esters is 3. The van der Waals surface area contributed by atoms with E-state index in [0.29, 0.717) is 19.3 Å². The Morgan fingerprint density at radius 1 is 0.386 bits per heavy atom. The zero-order valence-corrected chi connectivity index (χ0v) is 54.0. The molecule has 1 aliphatic rings. The van der Waals surface area contributed by atoms with Crippen LogP contribution in [-0.2, 0) is 42.9 Å². The van der Waals surface area contributed by atoms with Gasteiger partial charge in [-0.2, -0.15) is 0 Å². The number of aliphatic hydroxyl groups excluding tert-OH is 2. The van der Waals surface area contributed by atoms with Crippen LogP contribution in [0.3, 0.4) is 0 Å². The molecule has 0 saturated carbocycles. The summed E-state index contributed by atoms with van der Waals surface area (Å²) >= 11 is 0. The maximum atomic E-state index is 13.2. The highest BCUT2D eigenvalue weighted by Crippen LogP contribution is 2.27. The molecule has 1 saturated heterocycles. The van der Waals surface area contributed by atoms with Crippen LogP contribution < -0.4 is 0 Å². The van der Waals surface area contributed by atoms with Gasteiger partial charge in [0.2, 0.25) is 0 Å². The zero-order chi connectivity index (χ0) is 60.3. The number of aliphatic hydroxyl groups is 2. The number of carbonyl (C=O) groups excluding carboxylic acids is 3. The number of carboxylic acid groups (broad SMARTS) is 1. The summed E-state index contributed by atoms with van der Waals surface area (Å²) in [6.45, 7) is 6.06. The van der Waals surface area contributed by atoms with Crippen LogP contribution in [0.5, 0.6) is 0 Å². The molecule has 1 fully saturated rings. The van der Waals surface area contributed by atoms with Gasteiger partial charge in [-0.3, -0.25) is 14.4 Å². The van der Waals surface area contributed by atoms with Crippen LogP contribution >= 0.6 is 0 Å². The van der Waals surface area contributed by atoms with Gasteiger partial charge < -0.3 is 39.0 Å². The fourth-order valence-corrected chi connectivity index (χ4v) is 11.1. The fraction of sp³-hybridized carbons (Fsp3) is 0.887. The number of aliphatic carboxylic acids is 1. The highest BCUT2D eigenvalue weighted by molar-refractivity contribution is 5.74. The van der Waals surface area contributed by atoms with Gasteiger partial charge in [0.25, 0.3) is 0 Å². The number of carbonyl (C=O) groups is 4. The van der Waals surface area contributed by atoms with Gasteiger partial charge in [0.1, 0.15) is 18.8 Å². The van der Waals surface area contributed by atoms with Gasteiger partial charge in [-0.25, -0.2) is 4.79 Å². The second-order valence-corrected chi connectivity index (χ2v) is 24.5. The van der Waals surface area contributed by atoms with E-state index in [9.17, 15) is 34.5 Å². The minimum Gasteiger partial charge on any atom is -0.479 e. The quantitative estimate of drug-likeness (QED) is 0.0228. The number of hydrogen-bond acceptors (Lipinski definition) is 11. The van der Waals surface area contributed by atoms with Crippen LogP contribution in [0.2, 0.25) is 0 Å². The smallest absolute Gasteiger partial charge is 0.335 e. The maximum absolute atomic E-state index is 13.2. The Bertz CT molecular complexity index is 1530. The third kappa shape index (κ3) is 48.9. The Kier molecular flexibility index (Phi) is 56.1. The summed E-state index contributed by atoms with van der Waals surface area (Å²) < 4.78 is 28.6. The average molecular weight is 1180 g/mol. The van der Waals surface area contributed by atoms with Crippen molar-refractivity contribution in [3.05, 3.63) is 24.3 Å². The van der Waals surface area contributed by atoms with Gasteiger partial charge in [0.15, 0.2) is 24.6 Å². The first-order valence-electron chi connectivity index (χ1n) is 35.3. The molecule has 3 N–H and O–H groups in total. The second-order valence-electron chi connectivity index (χ2n) is 24.5. The highest BCUT2D eigenvalue weighted by Gasteiger charge is 2.50. The van der Waals surface area contributed by atoms with Crippen LogP contribution in [0, 0.1) is 0 Å². The minimum absolute atomic E-state index is 0.0600. The van der Waals surface area contributed by atoms with Gasteiger partial charge in [-0.05, 0) is 70.6 Å². The number of allylic oxidation sites excluding steroid dienone is 4. The third-order valence-corrected chi connectivity index (χ3v) is 16.5. The lowest BCUT2D eigenvalue weighted by molar-refractivity contribution is -0.301. The van der Waals surface area contributed by atoms with E-state index in [2.05, 4.69) is 45.1 Å². The molecule has 0 aromatic rings. The van der Waals surface area contributed by atoms with E-state index in [0.717, 1.165) is 83.5 Å². The minimum atomic E-state index is -1.90. The van der Waals surface area contributed by atoms with Crippen molar-refractivity contribution in [2.24, 2.45) is 0 Å².